The molecule has 19 heavy (non-hydrogen) atoms. The number of aryl methyl sites for hydroxylation is 1. The third-order valence-electron chi connectivity index (χ3n) is 2.82. The molecule has 0 spiro atoms. The highest BCUT2D eigenvalue weighted by atomic mass is 32.1. The fourth-order valence-electron chi connectivity index (χ4n) is 1.76. The van der Waals surface area contributed by atoms with E-state index in [1.54, 1.807) is 6.92 Å². The van der Waals surface area contributed by atoms with Crippen LogP contribution in [0.4, 0.5) is 8.78 Å². The number of nitrogens with one attached hydrogen (secondary N) is 1. The lowest BCUT2D eigenvalue weighted by Crippen LogP contribution is -2.17. The minimum atomic E-state index is -0.609. The van der Waals surface area contributed by atoms with E-state index in [1.807, 2.05) is 13.8 Å². The van der Waals surface area contributed by atoms with Crippen molar-refractivity contribution in [3.8, 4) is 10.6 Å². The molecule has 0 fully saturated rings. The topological polar surface area (TPSA) is 37.8 Å². The summed E-state index contributed by atoms with van der Waals surface area (Å²) in [6.45, 7) is 6.32. The van der Waals surface area contributed by atoms with Gasteiger partial charge < -0.3 is 5.32 Å². The van der Waals surface area contributed by atoms with Crippen molar-refractivity contribution in [3.05, 3.63) is 34.3 Å². The molecule has 1 heterocycles. The molecule has 1 unspecified atom stereocenters. The van der Waals surface area contributed by atoms with E-state index in [4.69, 9.17) is 0 Å². The summed E-state index contributed by atoms with van der Waals surface area (Å²) in [5.41, 5.74) is 0.306. The lowest BCUT2D eigenvalue weighted by Gasteiger charge is -2.06. The van der Waals surface area contributed by atoms with Crippen molar-refractivity contribution in [3.63, 3.8) is 0 Å². The molecule has 0 aliphatic heterocycles. The third kappa shape index (κ3) is 2.79. The van der Waals surface area contributed by atoms with E-state index >= 15 is 0 Å². The minimum Gasteiger partial charge on any atom is -0.308 e. The second-order valence-electron chi connectivity index (χ2n) is 4.28. The van der Waals surface area contributed by atoms with E-state index in [1.165, 1.54) is 23.5 Å². The molecule has 1 aromatic carbocycles. The highest BCUT2D eigenvalue weighted by molar-refractivity contribution is 7.14. The molecular formula is C13H15F2N3S. The van der Waals surface area contributed by atoms with Gasteiger partial charge in [0.05, 0.1) is 11.6 Å². The number of hydrogen-bond acceptors (Lipinski definition) is 4. The minimum absolute atomic E-state index is 0.0205. The first-order valence-corrected chi connectivity index (χ1v) is 6.88. The van der Waals surface area contributed by atoms with Crippen LogP contribution in [-0.2, 0) is 0 Å². The number of rotatable bonds is 4. The van der Waals surface area contributed by atoms with Crippen LogP contribution >= 0.6 is 11.3 Å². The van der Waals surface area contributed by atoms with Gasteiger partial charge in [-0.25, -0.2) is 8.78 Å². The zero-order valence-corrected chi connectivity index (χ0v) is 11.8. The molecule has 2 aromatic rings. The van der Waals surface area contributed by atoms with E-state index in [0.29, 0.717) is 5.56 Å². The van der Waals surface area contributed by atoms with Gasteiger partial charge in [0.2, 0.25) is 0 Å². The second kappa shape index (κ2) is 5.71. The van der Waals surface area contributed by atoms with Gasteiger partial charge in [-0.3, -0.25) is 0 Å². The quantitative estimate of drug-likeness (QED) is 0.933. The van der Waals surface area contributed by atoms with Gasteiger partial charge >= 0.3 is 0 Å². The predicted molar refractivity (Wildman–Crippen MR) is 72.1 cm³/mol. The summed E-state index contributed by atoms with van der Waals surface area (Å²) in [5.74, 6) is -1.18. The van der Waals surface area contributed by atoms with Gasteiger partial charge in [0.15, 0.2) is 5.01 Å². The van der Waals surface area contributed by atoms with Crippen LogP contribution in [0.25, 0.3) is 10.6 Å². The maximum atomic E-state index is 14.0. The van der Waals surface area contributed by atoms with Crippen molar-refractivity contribution in [2.75, 3.05) is 6.54 Å². The van der Waals surface area contributed by atoms with Crippen LogP contribution in [0.3, 0.4) is 0 Å². The molecule has 1 N–H and O–H groups in total. The summed E-state index contributed by atoms with van der Waals surface area (Å²) in [5, 5.41) is 12.1. The van der Waals surface area contributed by atoms with Crippen molar-refractivity contribution in [1.29, 1.82) is 0 Å². The first kappa shape index (κ1) is 14.0. The molecule has 0 aliphatic carbocycles. The summed E-state index contributed by atoms with van der Waals surface area (Å²) in [6.07, 6.45) is 0. The molecule has 0 aliphatic rings. The maximum Gasteiger partial charge on any atom is 0.153 e. The Morgan fingerprint density at radius 3 is 2.74 bits per heavy atom. The van der Waals surface area contributed by atoms with Crippen molar-refractivity contribution in [2.24, 2.45) is 0 Å². The molecule has 1 atom stereocenters. The molecule has 2 rings (SSSR count). The molecule has 0 saturated heterocycles. The predicted octanol–water partition coefficient (Wildman–Crippen LogP) is 3.46. The van der Waals surface area contributed by atoms with Crippen LogP contribution < -0.4 is 5.32 Å². The van der Waals surface area contributed by atoms with E-state index in [0.717, 1.165) is 11.6 Å². The number of benzene rings is 1. The molecule has 6 heteroatoms. The number of nitrogens with zero attached hydrogens (tertiary/aromatic N) is 2. The summed E-state index contributed by atoms with van der Waals surface area (Å²) in [6, 6.07) is 2.69. The molecule has 0 radical (unpaired) electrons. The normalized spacial score (nSPS) is 12.7. The van der Waals surface area contributed by atoms with E-state index in [9.17, 15) is 8.78 Å². The Morgan fingerprint density at radius 1 is 1.32 bits per heavy atom. The maximum absolute atomic E-state index is 14.0. The monoisotopic (exact) mass is 283 g/mol. The molecule has 102 valence electrons. The Morgan fingerprint density at radius 2 is 2.05 bits per heavy atom. The Labute approximate surface area is 114 Å². The largest absolute Gasteiger partial charge is 0.308 e. The van der Waals surface area contributed by atoms with Crippen LogP contribution in [0.5, 0.6) is 0 Å². The fourth-order valence-corrected chi connectivity index (χ4v) is 2.67. The Balaban J connectivity index is 2.41. The van der Waals surface area contributed by atoms with E-state index in [-0.39, 0.29) is 16.6 Å². The van der Waals surface area contributed by atoms with Gasteiger partial charge in [-0.1, -0.05) is 24.3 Å². The third-order valence-corrected chi connectivity index (χ3v) is 3.94. The average Bonchev–Trinajstić information content (AvgIpc) is 2.84. The SMILES string of the molecule is CCNC(C)c1nnc(-c2c(F)ccc(C)c2F)s1. The second-order valence-corrected chi connectivity index (χ2v) is 5.29. The van der Waals surface area contributed by atoms with Gasteiger partial charge in [0.25, 0.3) is 0 Å². The number of halogens is 2. The van der Waals surface area contributed by atoms with Crippen LogP contribution in [0.1, 0.15) is 30.5 Å². The van der Waals surface area contributed by atoms with Crippen molar-refractivity contribution in [2.45, 2.75) is 26.8 Å². The van der Waals surface area contributed by atoms with Gasteiger partial charge in [0, 0.05) is 0 Å². The Kier molecular flexibility index (Phi) is 4.21. The zero-order chi connectivity index (χ0) is 14.0. The Hall–Kier alpha value is -1.40. The molecule has 1 aromatic heterocycles. The van der Waals surface area contributed by atoms with Crippen LogP contribution in [0, 0.1) is 18.6 Å². The smallest absolute Gasteiger partial charge is 0.153 e. The highest BCUT2D eigenvalue weighted by Crippen LogP contribution is 2.31. The van der Waals surface area contributed by atoms with E-state index in [2.05, 4.69) is 15.5 Å². The van der Waals surface area contributed by atoms with Crippen LogP contribution in [0.15, 0.2) is 12.1 Å². The summed E-state index contributed by atoms with van der Waals surface area (Å²) in [4.78, 5) is 0. The molecule has 0 saturated carbocycles. The van der Waals surface area contributed by atoms with Gasteiger partial charge in [0.1, 0.15) is 16.6 Å². The standard InChI is InChI=1S/C13H15F2N3S/c1-4-16-8(3)12-17-18-13(19-12)10-9(14)6-5-7(2)11(10)15/h5-6,8,16H,4H2,1-3H3. The highest BCUT2D eigenvalue weighted by Gasteiger charge is 2.19. The van der Waals surface area contributed by atoms with Gasteiger partial charge in [-0.15, -0.1) is 10.2 Å². The number of aromatic nitrogens is 2. The van der Waals surface area contributed by atoms with E-state index < -0.39 is 11.6 Å². The van der Waals surface area contributed by atoms with Crippen molar-refractivity contribution in [1.82, 2.24) is 15.5 Å². The summed E-state index contributed by atoms with van der Waals surface area (Å²) < 4.78 is 27.7. The fraction of sp³-hybridized carbons (Fsp3) is 0.385. The lowest BCUT2D eigenvalue weighted by molar-refractivity contribution is 0.582. The lowest BCUT2D eigenvalue weighted by atomic mass is 10.1. The van der Waals surface area contributed by atoms with Gasteiger partial charge in [-0.2, -0.15) is 0 Å². The summed E-state index contributed by atoms with van der Waals surface area (Å²) in [7, 11) is 0. The first-order chi connectivity index (χ1) is 9.04. The van der Waals surface area contributed by atoms with Crippen molar-refractivity contribution >= 4 is 11.3 Å². The summed E-state index contributed by atoms with van der Waals surface area (Å²) >= 11 is 1.21. The first-order valence-electron chi connectivity index (χ1n) is 6.06. The van der Waals surface area contributed by atoms with Crippen molar-refractivity contribution < 1.29 is 8.78 Å². The molecular weight excluding hydrogens is 268 g/mol. The van der Waals surface area contributed by atoms with Crippen LogP contribution in [-0.4, -0.2) is 16.7 Å². The molecule has 0 amide bonds. The average molecular weight is 283 g/mol. The number of hydrogen-bond donors (Lipinski definition) is 1. The molecule has 3 nitrogen and oxygen atoms in total. The molecule has 0 bridgehead atoms. The van der Waals surface area contributed by atoms with Gasteiger partial charge in [-0.05, 0) is 32.0 Å². The van der Waals surface area contributed by atoms with Crippen LogP contribution in [0.2, 0.25) is 0 Å². The Bertz CT molecular complexity index is 583. The zero-order valence-electron chi connectivity index (χ0n) is 11.0.